The topological polar surface area (TPSA) is 118 Å². The summed E-state index contributed by atoms with van der Waals surface area (Å²) in [6, 6.07) is 10.3. The molecule has 0 atom stereocenters. The van der Waals surface area contributed by atoms with Gasteiger partial charge in [-0.15, -0.1) is 0 Å². The second kappa shape index (κ2) is 8.64. The third-order valence-corrected chi connectivity index (χ3v) is 7.66. The Morgan fingerprint density at radius 2 is 1.76 bits per heavy atom. The lowest BCUT2D eigenvalue weighted by Gasteiger charge is -2.18. The van der Waals surface area contributed by atoms with Gasteiger partial charge in [0.15, 0.2) is 15.5 Å². The Labute approximate surface area is 200 Å². The van der Waals surface area contributed by atoms with E-state index < -0.39 is 20.5 Å². The number of carbonyl (C=O) groups is 1. The SMILES string of the molecule is CC(C)S(=O)(=O)c1ccc(-c2cnc3[nH]cc(-c4cccnc4NC(=O)C(C)(C)C)c3n2)cc1.[HH]. The van der Waals surface area contributed by atoms with Crippen molar-refractivity contribution in [3.05, 3.63) is 55.0 Å². The maximum atomic E-state index is 12.6. The molecule has 0 spiro atoms. The highest BCUT2D eigenvalue weighted by Gasteiger charge is 2.24. The molecule has 4 rings (SSSR count). The van der Waals surface area contributed by atoms with Crippen LogP contribution in [0.25, 0.3) is 33.5 Å². The average Bonchev–Trinajstić information content (AvgIpc) is 3.22. The second-order valence-corrected chi connectivity index (χ2v) is 11.9. The van der Waals surface area contributed by atoms with Gasteiger partial charge in [-0.25, -0.2) is 23.4 Å². The number of aromatic amines is 1. The number of nitrogens with zero attached hydrogens (tertiary/aromatic N) is 3. The van der Waals surface area contributed by atoms with Crippen molar-refractivity contribution in [1.82, 2.24) is 19.9 Å². The van der Waals surface area contributed by atoms with Crippen molar-refractivity contribution >= 4 is 32.7 Å². The lowest BCUT2D eigenvalue weighted by atomic mass is 9.95. The number of rotatable bonds is 5. The van der Waals surface area contributed by atoms with Gasteiger partial charge in [-0.1, -0.05) is 32.9 Å². The summed E-state index contributed by atoms with van der Waals surface area (Å²) in [6.45, 7) is 8.84. The number of benzene rings is 1. The maximum absolute atomic E-state index is 12.6. The molecule has 2 N–H and O–H groups in total. The minimum absolute atomic E-state index is 0. The number of amides is 1. The molecule has 0 saturated carbocycles. The second-order valence-electron chi connectivity index (χ2n) is 9.38. The first-order chi connectivity index (χ1) is 16.0. The first-order valence-corrected chi connectivity index (χ1v) is 12.5. The molecule has 4 aromatic rings. The molecule has 0 saturated heterocycles. The Hall–Kier alpha value is -3.59. The molecule has 3 aromatic heterocycles. The monoisotopic (exact) mass is 479 g/mol. The Kier molecular flexibility index (Phi) is 5.99. The van der Waals surface area contributed by atoms with Crippen LogP contribution in [0.2, 0.25) is 0 Å². The van der Waals surface area contributed by atoms with Crippen LogP contribution >= 0.6 is 0 Å². The molecule has 0 aliphatic heterocycles. The summed E-state index contributed by atoms with van der Waals surface area (Å²) < 4.78 is 24.8. The molecule has 0 radical (unpaired) electrons. The van der Waals surface area contributed by atoms with Crippen LogP contribution in [0.3, 0.4) is 0 Å². The summed E-state index contributed by atoms with van der Waals surface area (Å²) in [6.07, 6.45) is 5.05. The van der Waals surface area contributed by atoms with Crippen molar-refractivity contribution in [2.24, 2.45) is 5.41 Å². The highest BCUT2D eigenvalue weighted by atomic mass is 32.2. The average molecular weight is 480 g/mol. The van der Waals surface area contributed by atoms with Crippen LogP contribution < -0.4 is 5.32 Å². The van der Waals surface area contributed by atoms with E-state index in [2.05, 4.69) is 20.3 Å². The van der Waals surface area contributed by atoms with Crippen LogP contribution in [0.15, 0.2) is 59.9 Å². The largest absolute Gasteiger partial charge is 0.344 e. The normalized spacial score (nSPS) is 12.3. The van der Waals surface area contributed by atoms with Gasteiger partial charge in [-0.2, -0.15) is 0 Å². The molecule has 0 bridgehead atoms. The Balaban J connectivity index is 0.00000342. The fraction of sp³-hybridized carbons (Fsp3) is 0.280. The maximum Gasteiger partial charge on any atom is 0.230 e. The molecule has 0 aliphatic rings. The van der Waals surface area contributed by atoms with Crippen LogP contribution in [0.5, 0.6) is 0 Å². The third kappa shape index (κ3) is 4.43. The quantitative estimate of drug-likeness (QED) is 0.411. The molecular formula is C25H29N5O3S. The molecule has 34 heavy (non-hydrogen) atoms. The number of aromatic nitrogens is 4. The highest BCUT2D eigenvalue weighted by molar-refractivity contribution is 7.92. The van der Waals surface area contributed by atoms with Crippen molar-refractivity contribution in [1.29, 1.82) is 0 Å². The summed E-state index contributed by atoms with van der Waals surface area (Å²) in [4.78, 5) is 29.6. The van der Waals surface area contributed by atoms with Crippen molar-refractivity contribution in [3.8, 4) is 22.4 Å². The van der Waals surface area contributed by atoms with Gasteiger partial charge in [-0.3, -0.25) is 4.79 Å². The Morgan fingerprint density at radius 1 is 1.06 bits per heavy atom. The van der Waals surface area contributed by atoms with Crippen molar-refractivity contribution in [3.63, 3.8) is 0 Å². The zero-order chi connectivity index (χ0) is 24.7. The Morgan fingerprint density at radius 3 is 2.41 bits per heavy atom. The predicted molar refractivity (Wildman–Crippen MR) is 135 cm³/mol. The van der Waals surface area contributed by atoms with Gasteiger partial charge in [0.05, 0.1) is 22.0 Å². The number of hydrogen-bond acceptors (Lipinski definition) is 6. The Bertz CT molecular complexity index is 1470. The zero-order valence-electron chi connectivity index (χ0n) is 19.7. The number of sulfone groups is 1. The number of H-pyrrole nitrogens is 1. The fourth-order valence-electron chi connectivity index (χ4n) is 3.34. The summed E-state index contributed by atoms with van der Waals surface area (Å²) in [5, 5.41) is 2.41. The van der Waals surface area contributed by atoms with Gasteiger partial charge in [0, 0.05) is 35.9 Å². The standard InChI is InChI=1S/C25H27N5O3S.H2/c1-15(2)34(32,33)17-10-8-16(9-11-17)20-14-28-23-21(29-20)19(13-27-23)18-7-6-12-26-22(18)30-24(31)25(3,4)5;/h6-15H,1-5H3,(H,27,28)(H,26,30,31);1H. The molecular weight excluding hydrogens is 450 g/mol. The van der Waals surface area contributed by atoms with Crippen LogP contribution in [0.1, 0.15) is 36.0 Å². The van der Waals surface area contributed by atoms with Crippen LogP contribution in [0.4, 0.5) is 5.82 Å². The minimum Gasteiger partial charge on any atom is -0.344 e. The first kappa shape index (κ1) is 23.6. The van der Waals surface area contributed by atoms with E-state index in [0.29, 0.717) is 22.7 Å². The van der Waals surface area contributed by atoms with Gasteiger partial charge >= 0.3 is 0 Å². The lowest BCUT2D eigenvalue weighted by molar-refractivity contribution is -0.123. The van der Waals surface area contributed by atoms with Crippen molar-refractivity contribution in [2.75, 3.05) is 5.32 Å². The van der Waals surface area contributed by atoms with E-state index in [-0.39, 0.29) is 12.2 Å². The molecule has 1 aromatic carbocycles. The number of fused-ring (bicyclic) bond motifs is 1. The molecule has 1 amide bonds. The number of carbonyl (C=O) groups excluding carboxylic acids is 1. The van der Waals surface area contributed by atoms with Crippen molar-refractivity contribution in [2.45, 2.75) is 44.8 Å². The molecule has 178 valence electrons. The molecule has 0 unspecified atom stereocenters. The number of anilines is 1. The third-order valence-electron chi connectivity index (χ3n) is 5.49. The van der Waals surface area contributed by atoms with E-state index in [9.17, 15) is 13.2 Å². The van der Waals surface area contributed by atoms with Gasteiger partial charge in [0.1, 0.15) is 11.3 Å². The van der Waals surface area contributed by atoms with E-state index in [1.807, 2.05) is 26.8 Å². The molecule has 0 fully saturated rings. The van der Waals surface area contributed by atoms with Crippen LogP contribution in [-0.4, -0.2) is 39.5 Å². The van der Waals surface area contributed by atoms with Gasteiger partial charge in [0.25, 0.3) is 0 Å². The van der Waals surface area contributed by atoms with Gasteiger partial charge in [-0.05, 0) is 38.1 Å². The summed E-state index contributed by atoms with van der Waals surface area (Å²) in [5.41, 5.74) is 3.46. The lowest BCUT2D eigenvalue weighted by Crippen LogP contribution is -2.28. The number of nitrogens with one attached hydrogen (secondary N) is 2. The minimum atomic E-state index is -3.35. The smallest absolute Gasteiger partial charge is 0.230 e. The van der Waals surface area contributed by atoms with Gasteiger partial charge < -0.3 is 10.3 Å². The van der Waals surface area contributed by atoms with E-state index in [4.69, 9.17) is 4.98 Å². The molecule has 8 nitrogen and oxygen atoms in total. The summed E-state index contributed by atoms with van der Waals surface area (Å²) in [7, 11) is -3.35. The predicted octanol–water partition coefficient (Wildman–Crippen LogP) is 5.10. The van der Waals surface area contributed by atoms with E-state index >= 15 is 0 Å². The zero-order valence-corrected chi connectivity index (χ0v) is 20.6. The van der Waals surface area contributed by atoms with Gasteiger partial charge in [0.2, 0.25) is 5.91 Å². The summed E-state index contributed by atoms with van der Waals surface area (Å²) >= 11 is 0. The molecule has 3 heterocycles. The van der Waals surface area contributed by atoms with Crippen molar-refractivity contribution < 1.29 is 14.6 Å². The summed E-state index contributed by atoms with van der Waals surface area (Å²) in [5.74, 6) is 0.300. The first-order valence-electron chi connectivity index (χ1n) is 10.9. The highest BCUT2D eigenvalue weighted by Crippen LogP contribution is 2.33. The van der Waals surface area contributed by atoms with E-state index in [0.717, 1.165) is 16.7 Å². The van der Waals surface area contributed by atoms with E-state index in [1.54, 1.807) is 62.8 Å². The molecule has 9 heteroatoms. The number of pyridine rings is 1. The number of hydrogen-bond donors (Lipinski definition) is 2. The molecule has 0 aliphatic carbocycles. The van der Waals surface area contributed by atoms with E-state index in [1.165, 1.54) is 0 Å². The van der Waals surface area contributed by atoms with Crippen LogP contribution in [0, 0.1) is 5.41 Å². The van der Waals surface area contributed by atoms with Crippen LogP contribution in [-0.2, 0) is 14.6 Å². The fourth-order valence-corrected chi connectivity index (χ4v) is 4.40.